The molecule has 4 fully saturated rings. The molecule has 0 bridgehead atoms. The van der Waals surface area contributed by atoms with Gasteiger partial charge in [-0.1, -0.05) is 38.1 Å². The SMILES string of the molecule is COc1ccc(C(=O)N2CCC3(CCN(Cc4ccc(-c5cc6c(-c7cc(F)cc(NC(=O)N8C[C@H](CC(C)C)[C@@H](O)C8)c7C)ncnc6[nH]5)cc4)CC3)CC2)cc1N1CCC(=O)NC1=O. The first-order valence-electron chi connectivity index (χ1n) is 23.0. The third-order valence-corrected chi connectivity index (χ3v) is 14.2. The van der Waals surface area contributed by atoms with Crippen LogP contribution in [-0.2, 0) is 11.3 Å². The van der Waals surface area contributed by atoms with E-state index in [0.717, 1.165) is 68.4 Å². The van der Waals surface area contributed by atoms with Gasteiger partial charge in [0.05, 0.1) is 24.6 Å². The van der Waals surface area contributed by atoms with Crippen LogP contribution in [0.15, 0.2) is 67.0 Å². The van der Waals surface area contributed by atoms with Crippen LogP contribution >= 0.6 is 0 Å². The minimum Gasteiger partial charge on any atom is -0.495 e. The van der Waals surface area contributed by atoms with E-state index in [0.29, 0.717) is 70.7 Å². The quantitative estimate of drug-likeness (QED) is 0.110. The lowest BCUT2D eigenvalue weighted by atomic mass is 9.71. The molecule has 4 aliphatic rings. The number of halogens is 1. The van der Waals surface area contributed by atoms with Gasteiger partial charge >= 0.3 is 12.1 Å². The molecule has 66 heavy (non-hydrogen) atoms. The van der Waals surface area contributed by atoms with Gasteiger partial charge in [-0.15, -0.1) is 0 Å². The Morgan fingerprint density at radius 2 is 1.68 bits per heavy atom. The second-order valence-electron chi connectivity index (χ2n) is 19.0. The van der Waals surface area contributed by atoms with Crippen molar-refractivity contribution in [2.24, 2.45) is 17.3 Å². The number of hydrogen-bond donors (Lipinski definition) is 4. The Morgan fingerprint density at radius 1 is 0.939 bits per heavy atom. The first-order valence-corrected chi connectivity index (χ1v) is 23.0. The Bertz CT molecular complexity index is 2650. The smallest absolute Gasteiger partial charge is 0.328 e. The summed E-state index contributed by atoms with van der Waals surface area (Å²) in [6, 6.07) is 17.5. The van der Waals surface area contributed by atoms with Crippen LogP contribution in [-0.4, -0.2) is 118 Å². The number of amides is 6. The van der Waals surface area contributed by atoms with Crippen LogP contribution in [0.5, 0.6) is 5.75 Å². The van der Waals surface area contributed by atoms with Crippen molar-refractivity contribution in [2.45, 2.75) is 71.9 Å². The number of anilines is 2. The van der Waals surface area contributed by atoms with Gasteiger partial charge in [-0.25, -0.2) is 23.9 Å². The van der Waals surface area contributed by atoms with Gasteiger partial charge in [-0.3, -0.25) is 24.7 Å². The fourth-order valence-corrected chi connectivity index (χ4v) is 10.3. The number of aromatic amines is 1. The Kier molecular flexibility index (Phi) is 12.5. The largest absolute Gasteiger partial charge is 0.495 e. The van der Waals surface area contributed by atoms with Crippen molar-refractivity contribution in [1.29, 1.82) is 0 Å². The van der Waals surface area contributed by atoms with E-state index in [1.54, 1.807) is 23.1 Å². The molecule has 3 aromatic carbocycles. The number of H-pyrrole nitrogens is 1. The van der Waals surface area contributed by atoms with E-state index in [-0.39, 0.29) is 48.7 Å². The zero-order valence-corrected chi connectivity index (χ0v) is 38.0. The number of hydrogen-bond acceptors (Lipinski definition) is 9. The summed E-state index contributed by atoms with van der Waals surface area (Å²) in [5.41, 5.74) is 6.95. The minimum absolute atomic E-state index is 0.00762. The fraction of sp³-hybridized carbons (Fsp3) is 0.440. The number of rotatable bonds is 10. The number of aromatic nitrogens is 3. The molecular weight excluding hydrogens is 842 g/mol. The Balaban J connectivity index is 0.804. The number of benzene rings is 3. The number of aliphatic hydroxyl groups is 1. The molecule has 0 unspecified atom stereocenters. The summed E-state index contributed by atoms with van der Waals surface area (Å²) in [7, 11) is 1.52. The van der Waals surface area contributed by atoms with Crippen LogP contribution in [0.2, 0.25) is 0 Å². The first kappa shape index (κ1) is 44.8. The zero-order valence-electron chi connectivity index (χ0n) is 38.0. The zero-order chi connectivity index (χ0) is 46.3. The Labute approximate surface area is 383 Å². The van der Waals surface area contributed by atoms with E-state index in [1.165, 1.54) is 36.0 Å². The van der Waals surface area contributed by atoms with E-state index < -0.39 is 18.0 Å². The average Bonchev–Trinajstić information content (AvgIpc) is 3.91. The Hall–Kier alpha value is -6.39. The molecule has 15 nitrogen and oxygen atoms in total. The molecule has 346 valence electrons. The lowest BCUT2D eigenvalue weighted by molar-refractivity contribution is -0.120. The van der Waals surface area contributed by atoms with Gasteiger partial charge in [0.25, 0.3) is 5.91 Å². The van der Waals surface area contributed by atoms with Gasteiger partial charge in [0.15, 0.2) is 0 Å². The highest BCUT2D eigenvalue weighted by Gasteiger charge is 2.39. The molecule has 5 aromatic rings. The summed E-state index contributed by atoms with van der Waals surface area (Å²) >= 11 is 0. The number of β-amino-alcohol motifs (C(OH)–C–C–N with tert-alkyl or cyclic N) is 1. The van der Waals surface area contributed by atoms with Gasteiger partial charge in [0, 0.05) is 79.5 Å². The predicted octanol–water partition coefficient (Wildman–Crippen LogP) is 7.58. The number of urea groups is 2. The van der Waals surface area contributed by atoms with Crippen molar-refractivity contribution >= 4 is 46.3 Å². The molecule has 0 saturated carbocycles. The summed E-state index contributed by atoms with van der Waals surface area (Å²) in [5.74, 6) is -0.0243. The van der Waals surface area contributed by atoms with Gasteiger partial charge in [-0.05, 0) is 117 Å². The topological polar surface area (TPSA) is 176 Å². The van der Waals surface area contributed by atoms with Gasteiger partial charge in [-0.2, -0.15) is 0 Å². The van der Waals surface area contributed by atoms with Crippen LogP contribution in [0.4, 0.5) is 25.4 Å². The molecule has 2 atom stereocenters. The summed E-state index contributed by atoms with van der Waals surface area (Å²) in [6.45, 7) is 11.1. The van der Waals surface area contributed by atoms with Gasteiger partial charge in [0.1, 0.15) is 23.5 Å². The molecule has 6 amide bonds. The number of carbonyl (C=O) groups is 4. The summed E-state index contributed by atoms with van der Waals surface area (Å²) in [6.07, 6.45) is 5.89. The number of imide groups is 1. The van der Waals surface area contributed by atoms with Crippen molar-refractivity contribution in [1.82, 2.24) is 35.0 Å². The van der Waals surface area contributed by atoms with Crippen molar-refractivity contribution in [2.75, 3.05) is 63.1 Å². The number of likely N-dealkylation sites (tertiary alicyclic amines) is 3. The molecule has 6 heterocycles. The maximum Gasteiger partial charge on any atom is 0.328 e. The second-order valence-corrected chi connectivity index (χ2v) is 19.0. The number of methoxy groups -OCH3 is 1. The van der Waals surface area contributed by atoms with Gasteiger partial charge in [0.2, 0.25) is 5.91 Å². The van der Waals surface area contributed by atoms with Crippen LogP contribution in [0.25, 0.3) is 33.5 Å². The third-order valence-electron chi connectivity index (χ3n) is 14.2. The predicted molar refractivity (Wildman–Crippen MR) is 250 cm³/mol. The van der Waals surface area contributed by atoms with E-state index in [4.69, 9.17) is 4.74 Å². The molecule has 4 saturated heterocycles. The number of aliphatic hydroxyl groups excluding tert-OH is 1. The molecule has 0 radical (unpaired) electrons. The van der Waals surface area contributed by atoms with E-state index in [2.05, 4.69) is 68.6 Å². The average molecular weight is 900 g/mol. The number of fused-ring (bicyclic) bond motifs is 1. The van der Waals surface area contributed by atoms with Gasteiger partial charge < -0.3 is 29.9 Å². The van der Waals surface area contributed by atoms with E-state index >= 15 is 4.39 Å². The molecule has 16 heteroatoms. The molecule has 4 aliphatic heterocycles. The molecule has 1 spiro atoms. The Morgan fingerprint density at radius 3 is 2.39 bits per heavy atom. The monoisotopic (exact) mass is 899 g/mol. The minimum atomic E-state index is -0.587. The van der Waals surface area contributed by atoms with Crippen molar-refractivity contribution in [3.05, 3.63) is 89.5 Å². The lowest BCUT2D eigenvalue weighted by Gasteiger charge is -2.47. The highest BCUT2D eigenvalue weighted by molar-refractivity contribution is 6.07. The summed E-state index contributed by atoms with van der Waals surface area (Å²) in [5, 5.41) is 16.6. The summed E-state index contributed by atoms with van der Waals surface area (Å²) in [4.78, 5) is 71.4. The van der Waals surface area contributed by atoms with Crippen molar-refractivity contribution < 1.29 is 33.4 Å². The molecule has 2 aromatic heterocycles. The highest BCUT2D eigenvalue weighted by atomic mass is 19.1. The number of ether oxygens (including phenoxy) is 1. The van der Waals surface area contributed by atoms with E-state index in [1.807, 2.05) is 17.9 Å². The standard InChI is InChI=1S/C50H58FN9O6/c1-30(2)21-35-27-59(28-42(35)61)48(64)55-39-24-36(51)23-37(31(39)3)45-38-25-40(54-46(38)53-29-52-45)33-7-5-32(6-8-33)26-57-17-12-50(13-18-57)14-19-58(20-15-50)47(63)34-9-10-43(66-4)41(22-34)60-16-11-44(62)56-49(60)65/h5-10,22-25,29-30,35,42,61H,11-21,26-28H2,1-4H3,(H,55,64)(H,52,53,54)(H,56,62,65)/t35-,42-/m0/s1. The highest BCUT2D eigenvalue weighted by Crippen LogP contribution is 2.42. The molecular formula is C50H58FN9O6. The lowest BCUT2D eigenvalue weighted by Crippen LogP contribution is -2.50. The van der Waals surface area contributed by atoms with Crippen LogP contribution in [0.3, 0.4) is 0 Å². The van der Waals surface area contributed by atoms with Crippen LogP contribution in [0.1, 0.15) is 73.9 Å². The third kappa shape index (κ3) is 9.21. The van der Waals surface area contributed by atoms with Crippen LogP contribution < -0.4 is 20.3 Å². The second kappa shape index (κ2) is 18.5. The fourth-order valence-electron chi connectivity index (χ4n) is 10.3. The van der Waals surface area contributed by atoms with Crippen LogP contribution in [0, 0.1) is 30.0 Å². The number of piperidine rings is 2. The molecule has 0 aliphatic carbocycles. The normalized spacial score (nSPS) is 20.1. The maximum atomic E-state index is 15.3. The number of nitrogens with one attached hydrogen (secondary N) is 3. The van der Waals surface area contributed by atoms with Crippen molar-refractivity contribution in [3.8, 4) is 28.3 Å². The molecule has 9 rings (SSSR count). The van der Waals surface area contributed by atoms with E-state index in [9.17, 15) is 24.3 Å². The maximum absolute atomic E-state index is 15.3. The number of carbonyl (C=O) groups excluding carboxylic acids is 4. The molecule has 4 N–H and O–H groups in total. The first-order chi connectivity index (χ1) is 31.8. The van der Waals surface area contributed by atoms with Crippen molar-refractivity contribution in [3.63, 3.8) is 0 Å². The number of nitrogens with zero attached hydrogens (tertiary/aromatic N) is 6. The summed E-state index contributed by atoms with van der Waals surface area (Å²) < 4.78 is 20.7.